The minimum absolute atomic E-state index is 0.362. The lowest BCUT2D eigenvalue weighted by atomic mass is 9.61. The van der Waals surface area contributed by atoms with Crippen molar-refractivity contribution in [2.24, 2.45) is 0 Å². The summed E-state index contributed by atoms with van der Waals surface area (Å²) in [5.74, 6) is 0. The second kappa shape index (κ2) is 3.69. The maximum atomic E-state index is 5.92. The van der Waals surface area contributed by atoms with Crippen LogP contribution in [-0.4, -0.2) is 20.9 Å². The van der Waals surface area contributed by atoms with Gasteiger partial charge in [-0.3, -0.25) is 0 Å². The molecule has 0 bridgehead atoms. The van der Waals surface area contributed by atoms with Crippen molar-refractivity contribution in [1.29, 1.82) is 0 Å². The van der Waals surface area contributed by atoms with Gasteiger partial charge in [0.05, 0.1) is 7.85 Å². The first-order valence-electron chi connectivity index (χ1n) is 4.12. The highest BCUT2D eigenvalue weighted by atomic mass is 16.5. The molecule has 3 heteroatoms. The normalized spacial score (nSPS) is 12.8. The summed E-state index contributed by atoms with van der Waals surface area (Å²) in [6, 6.07) is 0. The average Bonchev–Trinajstić information content (AvgIpc) is 1.81. The second-order valence-electron chi connectivity index (χ2n) is 4.31. The van der Waals surface area contributed by atoms with Crippen LogP contribution in [-0.2, 0) is 4.65 Å². The number of rotatable bonds is 4. The van der Waals surface area contributed by atoms with E-state index in [0.717, 1.165) is 5.47 Å². The first-order chi connectivity index (χ1) is 5.17. The molecule has 0 aromatic rings. The molecule has 0 saturated carbocycles. The van der Waals surface area contributed by atoms with E-state index in [9.17, 15) is 0 Å². The van der Waals surface area contributed by atoms with Crippen molar-refractivity contribution in [1.82, 2.24) is 0 Å². The van der Waals surface area contributed by atoms with Crippen molar-refractivity contribution in [3.8, 4) is 0 Å². The largest absolute Gasteiger partial charge is 0.430 e. The molecule has 0 N–H and O–H groups in total. The molecule has 0 aliphatic carbocycles. The van der Waals surface area contributed by atoms with Crippen molar-refractivity contribution in [2.45, 2.75) is 45.5 Å². The van der Waals surface area contributed by atoms with E-state index in [-0.39, 0.29) is 10.9 Å². The molecule has 0 saturated heterocycles. The quantitative estimate of drug-likeness (QED) is 0.577. The zero-order chi connectivity index (χ0) is 9.99. The highest BCUT2D eigenvalue weighted by Gasteiger charge is 2.32. The van der Waals surface area contributed by atoms with Gasteiger partial charge in [0.25, 0.3) is 0 Å². The molecule has 0 fully saturated rings. The average molecular weight is 163 g/mol. The highest BCUT2D eigenvalue weighted by molar-refractivity contribution is 6.37. The van der Waals surface area contributed by atoms with E-state index in [4.69, 9.17) is 12.5 Å². The summed E-state index contributed by atoms with van der Waals surface area (Å²) < 4.78 is 5.51. The van der Waals surface area contributed by atoms with Gasteiger partial charge in [0, 0.05) is 5.60 Å². The fourth-order valence-electron chi connectivity index (χ4n) is 0.400. The molecule has 0 aromatic heterocycles. The predicted molar refractivity (Wildman–Crippen MR) is 55.5 cm³/mol. The monoisotopic (exact) mass is 163 g/mol. The van der Waals surface area contributed by atoms with Gasteiger partial charge in [-0.25, -0.2) is 0 Å². The summed E-state index contributed by atoms with van der Waals surface area (Å²) in [4.78, 5) is 0. The maximum Gasteiger partial charge on any atom is 0.325 e. The summed E-state index contributed by atoms with van der Waals surface area (Å²) in [7, 11) is 7.57. The zero-order valence-corrected chi connectivity index (χ0v) is 8.77. The van der Waals surface area contributed by atoms with Crippen molar-refractivity contribution in [3.63, 3.8) is 0 Å². The van der Waals surface area contributed by atoms with E-state index >= 15 is 0 Å². The number of hydrogen-bond donors (Lipinski definition) is 0. The molecule has 0 spiro atoms. The molecule has 0 amide bonds. The van der Waals surface area contributed by atoms with Gasteiger partial charge in [-0.05, 0) is 19.2 Å². The summed E-state index contributed by atoms with van der Waals surface area (Å²) in [5, 5.41) is -0.362. The maximum absolute atomic E-state index is 5.92. The lowest BCUT2D eigenvalue weighted by Crippen LogP contribution is -2.38. The van der Waals surface area contributed by atoms with Crippen LogP contribution in [0.4, 0.5) is 0 Å². The van der Waals surface area contributed by atoms with Crippen LogP contribution < -0.4 is 0 Å². The standard InChI is InChI=1S/C9H17B2O/c1-7(2)11-12-9(5,6)8(3,4)10/h1H2,2-6H3. The Balaban J connectivity index is 4.14. The van der Waals surface area contributed by atoms with Gasteiger partial charge < -0.3 is 4.65 Å². The highest BCUT2D eigenvalue weighted by Crippen LogP contribution is 2.36. The molecule has 0 aliphatic rings. The molecule has 0 aromatic carbocycles. The van der Waals surface area contributed by atoms with E-state index in [1.807, 2.05) is 34.6 Å². The summed E-state index contributed by atoms with van der Waals surface area (Å²) in [6.45, 7) is 13.4. The Kier molecular flexibility index (Phi) is 3.64. The molecule has 0 heterocycles. The number of allylic oxidation sites excluding steroid dienone is 1. The van der Waals surface area contributed by atoms with Gasteiger partial charge in [-0.2, -0.15) is 0 Å². The van der Waals surface area contributed by atoms with Gasteiger partial charge in [0.15, 0.2) is 0 Å². The van der Waals surface area contributed by atoms with E-state index < -0.39 is 0 Å². The third-order valence-electron chi connectivity index (χ3n) is 2.11. The second-order valence-corrected chi connectivity index (χ2v) is 4.31. The Morgan fingerprint density at radius 2 is 1.75 bits per heavy atom. The SMILES string of the molecule is [B]C(C)(C)C(C)(C)O[B]C(=C)C. The number of hydrogen-bond acceptors (Lipinski definition) is 1. The van der Waals surface area contributed by atoms with Crippen LogP contribution >= 0.6 is 0 Å². The van der Waals surface area contributed by atoms with Crippen LogP contribution in [0.25, 0.3) is 0 Å². The van der Waals surface area contributed by atoms with E-state index in [1.165, 1.54) is 0 Å². The molecule has 0 rings (SSSR count). The Hall–Kier alpha value is -0.170. The van der Waals surface area contributed by atoms with Gasteiger partial charge in [0.2, 0.25) is 0 Å². The molecular weight excluding hydrogens is 146 g/mol. The summed E-state index contributed by atoms with van der Waals surface area (Å²) >= 11 is 0. The topological polar surface area (TPSA) is 9.23 Å². The Labute approximate surface area is 78.3 Å². The predicted octanol–water partition coefficient (Wildman–Crippen LogP) is 2.30. The minimum atomic E-state index is -0.369. The van der Waals surface area contributed by atoms with Crippen molar-refractivity contribution >= 4 is 15.3 Å². The molecule has 3 radical (unpaired) electrons. The fourth-order valence-corrected chi connectivity index (χ4v) is 0.400. The van der Waals surface area contributed by atoms with E-state index in [2.05, 4.69) is 6.58 Å². The van der Waals surface area contributed by atoms with Crippen LogP contribution in [0.3, 0.4) is 0 Å². The first-order valence-corrected chi connectivity index (χ1v) is 4.12. The molecule has 0 aliphatic heterocycles. The van der Waals surface area contributed by atoms with Gasteiger partial charge in [0.1, 0.15) is 0 Å². The lowest BCUT2D eigenvalue weighted by Gasteiger charge is -2.39. The molecule has 1 nitrogen and oxygen atoms in total. The van der Waals surface area contributed by atoms with Crippen LogP contribution in [0, 0.1) is 0 Å². The molecule has 65 valence electrons. The third kappa shape index (κ3) is 3.48. The third-order valence-corrected chi connectivity index (χ3v) is 2.11. The van der Waals surface area contributed by atoms with E-state index in [1.54, 1.807) is 7.48 Å². The fraction of sp³-hybridized carbons (Fsp3) is 0.778. The van der Waals surface area contributed by atoms with Gasteiger partial charge in [-0.1, -0.05) is 26.2 Å². The molecule has 12 heavy (non-hydrogen) atoms. The Bertz CT molecular complexity index is 168. The van der Waals surface area contributed by atoms with Crippen molar-refractivity contribution in [2.75, 3.05) is 0 Å². The van der Waals surface area contributed by atoms with Crippen LogP contribution in [0.5, 0.6) is 0 Å². The van der Waals surface area contributed by atoms with Crippen LogP contribution in [0.1, 0.15) is 34.6 Å². The Morgan fingerprint density at radius 3 is 2.00 bits per heavy atom. The lowest BCUT2D eigenvalue weighted by molar-refractivity contribution is 0.0757. The first kappa shape index (κ1) is 11.8. The molecule has 0 atom stereocenters. The van der Waals surface area contributed by atoms with Crippen molar-refractivity contribution < 1.29 is 4.65 Å². The summed E-state index contributed by atoms with van der Waals surface area (Å²) in [6.07, 6.45) is 0. The van der Waals surface area contributed by atoms with Gasteiger partial charge >= 0.3 is 7.48 Å². The van der Waals surface area contributed by atoms with E-state index in [0.29, 0.717) is 0 Å². The summed E-state index contributed by atoms with van der Waals surface area (Å²) in [5.41, 5.74) is 0.527. The minimum Gasteiger partial charge on any atom is -0.430 e. The Morgan fingerprint density at radius 1 is 1.33 bits per heavy atom. The smallest absolute Gasteiger partial charge is 0.325 e. The van der Waals surface area contributed by atoms with Crippen LogP contribution in [0.15, 0.2) is 12.1 Å². The van der Waals surface area contributed by atoms with Crippen molar-refractivity contribution in [3.05, 3.63) is 12.1 Å². The van der Waals surface area contributed by atoms with Crippen LogP contribution in [0.2, 0.25) is 5.31 Å². The molecule has 0 unspecified atom stereocenters. The molecular formula is C9H17B2O. The van der Waals surface area contributed by atoms with Gasteiger partial charge in [-0.15, -0.1) is 6.58 Å². The zero-order valence-electron chi connectivity index (χ0n) is 8.77.